The van der Waals surface area contributed by atoms with Gasteiger partial charge in [-0.3, -0.25) is 4.68 Å². The van der Waals surface area contributed by atoms with Gasteiger partial charge in [-0.1, -0.05) is 19.1 Å². The first-order valence-electron chi connectivity index (χ1n) is 7.46. The highest BCUT2D eigenvalue weighted by Crippen LogP contribution is 2.10. The van der Waals surface area contributed by atoms with Gasteiger partial charge in [0.15, 0.2) is 0 Å². The molecule has 3 N–H and O–H groups in total. The number of nitrogens with zero attached hydrogens (tertiary/aromatic N) is 2. The van der Waals surface area contributed by atoms with Crippen LogP contribution in [0.5, 0.6) is 0 Å². The van der Waals surface area contributed by atoms with Crippen LogP contribution in [-0.2, 0) is 6.54 Å². The Kier molecular flexibility index (Phi) is 5.97. The van der Waals surface area contributed by atoms with Gasteiger partial charge in [-0.15, -0.1) is 0 Å². The van der Waals surface area contributed by atoms with Crippen LogP contribution in [0.3, 0.4) is 0 Å². The number of aliphatic hydroxyl groups is 1. The van der Waals surface area contributed by atoms with Crippen molar-refractivity contribution < 1.29 is 9.90 Å². The predicted molar refractivity (Wildman–Crippen MR) is 85.7 cm³/mol. The topological polar surface area (TPSA) is 79.2 Å². The third-order valence-electron chi connectivity index (χ3n) is 3.35. The molecule has 2 amide bonds. The number of hydrogen-bond donors (Lipinski definition) is 3. The zero-order valence-corrected chi connectivity index (χ0v) is 12.7. The Labute approximate surface area is 130 Å². The second-order valence-corrected chi connectivity index (χ2v) is 5.13. The van der Waals surface area contributed by atoms with Crippen LogP contribution in [0.4, 0.5) is 10.5 Å². The van der Waals surface area contributed by atoms with Crippen molar-refractivity contribution in [1.29, 1.82) is 0 Å². The maximum absolute atomic E-state index is 11.7. The first kappa shape index (κ1) is 16.0. The maximum atomic E-state index is 11.7. The Morgan fingerprint density at radius 1 is 1.36 bits per heavy atom. The molecule has 0 fully saturated rings. The second-order valence-electron chi connectivity index (χ2n) is 5.13. The number of anilines is 1. The lowest BCUT2D eigenvalue weighted by molar-refractivity contribution is 0.160. The summed E-state index contributed by atoms with van der Waals surface area (Å²) in [5.41, 5.74) is 1.85. The fourth-order valence-electron chi connectivity index (χ4n) is 2.01. The second kappa shape index (κ2) is 8.19. The van der Waals surface area contributed by atoms with Crippen molar-refractivity contribution in [3.63, 3.8) is 0 Å². The molecule has 0 aliphatic carbocycles. The van der Waals surface area contributed by atoms with Crippen LogP contribution >= 0.6 is 0 Å². The Morgan fingerprint density at radius 2 is 2.14 bits per heavy atom. The van der Waals surface area contributed by atoms with E-state index in [2.05, 4.69) is 15.7 Å². The zero-order chi connectivity index (χ0) is 15.8. The van der Waals surface area contributed by atoms with Crippen LogP contribution in [0.15, 0.2) is 42.7 Å². The normalized spacial score (nSPS) is 11.9. The standard InChI is InChI=1S/C16H22N4O2/c1-2-15(21)8-10-17-16(22)19-14-6-4-13(5-7-14)12-20-11-3-9-18-20/h3-7,9,11,15,21H,2,8,10,12H2,1H3,(H2,17,19,22). The van der Waals surface area contributed by atoms with Crippen LogP contribution in [0.25, 0.3) is 0 Å². The summed E-state index contributed by atoms with van der Waals surface area (Å²) in [6, 6.07) is 9.26. The van der Waals surface area contributed by atoms with Crippen molar-refractivity contribution in [3.05, 3.63) is 48.3 Å². The van der Waals surface area contributed by atoms with Crippen LogP contribution < -0.4 is 10.6 Å². The first-order chi connectivity index (χ1) is 10.7. The van der Waals surface area contributed by atoms with E-state index in [-0.39, 0.29) is 12.1 Å². The minimum atomic E-state index is -0.359. The Balaban J connectivity index is 1.77. The van der Waals surface area contributed by atoms with Gasteiger partial charge in [0, 0.05) is 24.6 Å². The molecule has 22 heavy (non-hydrogen) atoms. The number of rotatable bonds is 7. The molecule has 2 aromatic rings. The minimum Gasteiger partial charge on any atom is -0.393 e. The first-order valence-corrected chi connectivity index (χ1v) is 7.46. The van der Waals surface area contributed by atoms with E-state index in [9.17, 15) is 9.90 Å². The van der Waals surface area contributed by atoms with Crippen LogP contribution in [0.2, 0.25) is 0 Å². The van der Waals surface area contributed by atoms with Crippen molar-refractivity contribution in [2.75, 3.05) is 11.9 Å². The molecule has 118 valence electrons. The van der Waals surface area contributed by atoms with Gasteiger partial charge >= 0.3 is 6.03 Å². The van der Waals surface area contributed by atoms with Gasteiger partial charge in [0.05, 0.1) is 12.6 Å². The number of carbonyl (C=O) groups is 1. The molecule has 0 saturated heterocycles. The number of amides is 2. The summed E-state index contributed by atoms with van der Waals surface area (Å²) in [4.78, 5) is 11.7. The molecule has 1 aromatic carbocycles. The quantitative estimate of drug-likeness (QED) is 0.733. The van der Waals surface area contributed by atoms with Gasteiger partial charge in [0.1, 0.15) is 0 Å². The fraction of sp³-hybridized carbons (Fsp3) is 0.375. The van der Waals surface area contributed by atoms with E-state index < -0.39 is 0 Å². The molecule has 0 saturated carbocycles. The third kappa shape index (κ3) is 5.21. The largest absolute Gasteiger partial charge is 0.393 e. The highest BCUT2D eigenvalue weighted by molar-refractivity contribution is 5.89. The molecule has 0 radical (unpaired) electrons. The molecular weight excluding hydrogens is 280 g/mol. The van der Waals surface area contributed by atoms with Gasteiger partial charge in [-0.25, -0.2) is 4.79 Å². The number of benzene rings is 1. The van der Waals surface area contributed by atoms with Crippen molar-refractivity contribution in [1.82, 2.24) is 15.1 Å². The molecule has 6 heteroatoms. The Hall–Kier alpha value is -2.34. The van der Waals surface area contributed by atoms with E-state index in [1.54, 1.807) is 6.20 Å². The maximum Gasteiger partial charge on any atom is 0.319 e. The lowest BCUT2D eigenvalue weighted by Gasteiger charge is -2.10. The van der Waals surface area contributed by atoms with E-state index in [0.29, 0.717) is 25.9 Å². The van der Waals surface area contributed by atoms with Crippen molar-refractivity contribution >= 4 is 11.7 Å². The lowest BCUT2D eigenvalue weighted by atomic mass is 10.2. The Bertz CT molecular complexity index is 566. The van der Waals surface area contributed by atoms with Crippen molar-refractivity contribution in [2.24, 2.45) is 0 Å². The van der Waals surface area contributed by atoms with Crippen LogP contribution in [0.1, 0.15) is 25.3 Å². The summed E-state index contributed by atoms with van der Waals surface area (Å²) >= 11 is 0. The average Bonchev–Trinajstić information content (AvgIpc) is 3.02. The zero-order valence-electron chi connectivity index (χ0n) is 12.7. The summed E-state index contributed by atoms with van der Waals surface area (Å²) in [6.07, 6.45) is 4.55. The monoisotopic (exact) mass is 302 g/mol. The Morgan fingerprint density at radius 3 is 2.77 bits per heavy atom. The number of aliphatic hydroxyl groups excluding tert-OH is 1. The highest BCUT2D eigenvalue weighted by atomic mass is 16.3. The van der Waals surface area contributed by atoms with E-state index in [1.807, 2.05) is 48.1 Å². The van der Waals surface area contributed by atoms with Gasteiger partial charge in [-0.2, -0.15) is 5.10 Å². The number of nitrogens with one attached hydrogen (secondary N) is 2. The summed E-state index contributed by atoms with van der Waals surface area (Å²) in [6.45, 7) is 3.07. The van der Waals surface area contributed by atoms with Crippen LogP contribution in [-0.4, -0.2) is 33.6 Å². The minimum absolute atomic E-state index is 0.261. The smallest absolute Gasteiger partial charge is 0.319 e. The SMILES string of the molecule is CCC(O)CCNC(=O)Nc1ccc(Cn2cccn2)cc1. The van der Waals surface area contributed by atoms with E-state index >= 15 is 0 Å². The number of aromatic nitrogens is 2. The molecular formula is C16H22N4O2. The van der Waals surface area contributed by atoms with Gasteiger partial charge in [0.25, 0.3) is 0 Å². The van der Waals surface area contributed by atoms with E-state index in [0.717, 1.165) is 11.3 Å². The molecule has 0 aliphatic rings. The van der Waals surface area contributed by atoms with E-state index in [1.165, 1.54) is 0 Å². The predicted octanol–water partition coefficient (Wildman–Crippen LogP) is 2.21. The van der Waals surface area contributed by atoms with Crippen molar-refractivity contribution in [2.45, 2.75) is 32.4 Å². The van der Waals surface area contributed by atoms with Crippen molar-refractivity contribution in [3.8, 4) is 0 Å². The molecule has 1 unspecified atom stereocenters. The van der Waals surface area contributed by atoms with Gasteiger partial charge < -0.3 is 15.7 Å². The average molecular weight is 302 g/mol. The number of urea groups is 1. The molecule has 0 aliphatic heterocycles. The number of carbonyl (C=O) groups excluding carboxylic acids is 1. The van der Waals surface area contributed by atoms with E-state index in [4.69, 9.17) is 0 Å². The lowest BCUT2D eigenvalue weighted by Crippen LogP contribution is -2.31. The number of hydrogen-bond acceptors (Lipinski definition) is 3. The molecule has 0 spiro atoms. The summed E-state index contributed by atoms with van der Waals surface area (Å²) in [5.74, 6) is 0. The molecule has 2 rings (SSSR count). The summed E-state index contributed by atoms with van der Waals surface area (Å²) in [7, 11) is 0. The fourth-order valence-corrected chi connectivity index (χ4v) is 2.01. The van der Waals surface area contributed by atoms with Gasteiger partial charge in [0.2, 0.25) is 0 Å². The van der Waals surface area contributed by atoms with Gasteiger partial charge in [-0.05, 0) is 36.6 Å². The molecule has 1 atom stereocenters. The van der Waals surface area contributed by atoms with Crippen LogP contribution in [0, 0.1) is 0 Å². The highest BCUT2D eigenvalue weighted by Gasteiger charge is 2.04. The summed E-state index contributed by atoms with van der Waals surface area (Å²) < 4.78 is 1.84. The molecule has 1 heterocycles. The molecule has 1 aromatic heterocycles. The molecule has 0 bridgehead atoms. The molecule has 6 nitrogen and oxygen atoms in total. The third-order valence-corrected chi connectivity index (χ3v) is 3.35. The summed E-state index contributed by atoms with van der Waals surface area (Å²) in [5, 5.41) is 19.1.